The van der Waals surface area contributed by atoms with Crippen molar-refractivity contribution in [1.82, 2.24) is 10.2 Å². The Kier molecular flexibility index (Phi) is 8.86. The maximum Gasteiger partial charge on any atom is 0.261 e. The average molecular weight is 459 g/mol. The number of nitrogens with one attached hydrogen (secondary N) is 1. The van der Waals surface area contributed by atoms with Crippen LogP contribution < -0.4 is 10.1 Å². The van der Waals surface area contributed by atoms with Gasteiger partial charge in [-0.25, -0.2) is 0 Å². The van der Waals surface area contributed by atoms with Crippen molar-refractivity contribution in [2.45, 2.75) is 52.7 Å². The molecule has 2 amide bonds. The van der Waals surface area contributed by atoms with Gasteiger partial charge in [-0.15, -0.1) is 0 Å². The zero-order valence-corrected chi connectivity index (χ0v) is 20.5. The fourth-order valence-electron chi connectivity index (χ4n) is 3.80. The lowest BCUT2D eigenvalue weighted by atomic mass is 10.0. The van der Waals surface area contributed by atoms with Crippen molar-refractivity contribution < 1.29 is 14.3 Å². The van der Waals surface area contributed by atoms with Crippen molar-refractivity contribution in [3.63, 3.8) is 0 Å². The van der Waals surface area contributed by atoms with E-state index >= 15 is 0 Å². The maximum atomic E-state index is 13.5. The van der Waals surface area contributed by atoms with Crippen LogP contribution in [0.15, 0.2) is 78.9 Å². The van der Waals surface area contributed by atoms with Crippen molar-refractivity contribution in [1.29, 1.82) is 0 Å². The predicted octanol–water partition coefficient (Wildman–Crippen LogP) is 4.85. The summed E-state index contributed by atoms with van der Waals surface area (Å²) in [5, 5.41) is 3.00. The molecule has 0 unspecified atom stereocenters. The quantitative estimate of drug-likeness (QED) is 0.473. The summed E-state index contributed by atoms with van der Waals surface area (Å²) in [6.45, 7) is 8.04. The van der Waals surface area contributed by atoms with Gasteiger partial charge in [-0.2, -0.15) is 0 Å². The largest absolute Gasteiger partial charge is 0.484 e. The van der Waals surface area contributed by atoms with Gasteiger partial charge in [0.1, 0.15) is 11.8 Å². The molecule has 0 aromatic heterocycles. The van der Waals surface area contributed by atoms with Crippen LogP contribution >= 0.6 is 0 Å². The molecule has 178 valence electrons. The summed E-state index contributed by atoms with van der Waals surface area (Å²) in [5.74, 6) is 0.220. The van der Waals surface area contributed by atoms with Crippen LogP contribution in [0.3, 0.4) is 0 Å². The molecule has 0 saturated heterocycles. The molecular formula is C29H34N2O3. The Labute approximate surface area is 202 Å². The smallest absolute Gasteiger partial charge is 0.261 e. The van der Waals surface area contributed by atoms with Crippen molar-refractivity contribution in [2.24, 2.45) is 0 Å². The molecule has 5 nitrogen and oxygen atoms in total. The number of carbonyl (C=O) groups is 2. The van der Waals surface area contributed by atoms with E-state index in [9.17, 15) is 9.59 Å². The minimum Gasteiger partial charge on any atom is -0.484 e. The lowest BCUT2D eigenvalue weighted by Crippen LogP contribution is -2.52. The molecule has 0 radical (unpaired) electrons. The third-order valence-corrected chi connectivity index (χ3v) is 5.52. The van der Waals surface area contributed by atoms with Gasteiger partial charge in [-0.1, -0.05) is 77.9 Å². The fraction of sp³-hybridized carbons (Fsp3) is 0.310. The first kappa shape index (κ1) is 25.0. The second-order valence-electron chi connectivity index (χ2n) is 8.98. The van der Waals surface area contributed by atoms with Gasteiger partial charge in [0.05, 0.1) is 0 Å². The second-order valence-corrected chi connectivity index (χ2v) is 8.98. The Morgan fingerprint density at radius 3 is 2.18 bits per heavy atom. The summed E-state index contributed by atoms with van der Waals surface area (Å²) in [6, 6.07) is 24.7. The standard InChI is InChI=1S/C29H34N2O3/c1-21(2)30-29(33)27(18-24-10-6-5-7-11-24)31(19-25-12-8-9-23(4)17-25)28(32)20-34-26-15-13-22(3)14-16-26/h5-17,21,27H,18-20H2,1-4H3,(H,30,33)/t27-/m0/s1. The normalized spacial score (nSPS) is 11.7. The predicted molar refractivity (Wildman–Crippen MR) is 136 cm³/mol. The minimum absolute atomic E-state index is 0.0366. The third kappa shape index (κ3) is 7.48. The second kappa shape index (κ2) is 12.0. The third-order valence-electron chi connectivity index (χ3n) is 5.52. The van der Waals surface area contributed by atoms with E-state index in [1.807, 2.05) is 107 Å². The van der Waals surface area contributed by atoms with Crippen molar-refractivity contribution in [3.05, 3.63) is 101 Å². The molecule has 3 aromatic carbocycles. The molecule has 34 heavy (non-hydrogen) atoms. The summed E-state index contributed by atoms with van der Waals surface area (Å²) in [7, 11) is 0. The summed E-state index contributed by atoms with van der Waals surface area (Å²) in [5.41, 5.74) is 4.19. The first-order chi connectivity index (χ1) is 16.3. The monoisotopic (exact) mass is 458 g/mol. The molecule has 0 aliphatic rings. The molecule has 1 atom stereocenters. The lowest BCUT2D eigenvalue weighted by molar-refractivity contribution is -0.143. The van der Waals surface area contributed by atoms with E-state index in [1.54, 1.807) is 4.90 Å². The molecule has 0 bridgehead atoms. The Balaban J connectivity index is 1.90. The van der Waals surface area contributed by atoms with Gasteiger partial charge in [0, 0.05) is 19.0 Å². The zero-order chi connectivity index (χ0) is 24.5. The molecule has 3 rings (SSSR count). The first-order valence-corrected chi connectivity index (χ1v) is 11.7. The van der Waals surface area contributed by atoms with E-state index in [0.717, 1.165) is 22.3 Å². The number of benzene rings is 3. The number of nitrogens with zero attached hydrogens (tertiary/aromatic N) is 1. The molecule has 0 saturated carbocycles. The van der Waals surface area contributed by atoms with Crippen LogP contribution in [0, 0.1) is 13.8 Å². The van der Waals surface area contributed by atoms with Crippen LogP contribution in [-0.4, -0.2) is 35.4 Å². The highest BCUT2D eigenvalue weighted by molar-refractivity contribution is 5.88. The van der Waals surface area contributed by atoms with E-state index < -0.39 is 6.04 Å². The van der Waals surface area contributed by atoms with Gasteiger partial charge >= 0.3 is 0 Å². The maximum absolute atomic E-state index is 13.5. The summed E-state index contributed by atoms with van der Waals surface area (Å²) in [4.78, 5) is 28.5. The Morgan fingerprint density at radius 2 is 1.53 bits per heavy atom. The number of aryl methyl sites for hydroxylation is 2. The highest BCUT2D eigenvalue weighted by Crippen LogP contribution is 2.17. The van der Waals surface area contributed by atoms with Crippen LogP contribution in [0.25, 0.3) is 0 Å². The van der Waals surface area contributed by atoms with E-state index in [2.05, 4.69) is 5.32 Å². The van der Waals surface area contributed by atoms with Crippen molar-refractivity contribution >= 4 is 11.8 Å². The number of rotatable bonds is 10. The number of hydrogen-bond donors (Lipinski definition) is 1. The Hall–Kier alpha value is -3.60. The lowest BCUT2D eigenvalue weighted by Gasteiger charge is -2.32. The molecule has 0 fully saturated rings. The van der Waals surface area contributed by atoms with Gasteiger partial charge in [0.25, 0.3) is 5.91 Å². The van der Waals surface area contributed by atoms with Crippen LogP contribution in [-0.2, 0) is 22.6 Å². The molecule has 0 spiro atoms. The molecule has 0 aliphatic carbocycles. The highest BCUT2D eigenvalue weighted by atomic mass is 16.5. The molecular weight excluding hydrogens is 424 g/mol. The number of ether oxygens (including phenoxy) is 1. The minimum atomic E-state index is -0.667. The van der Waals surface area contributed by atoms with E-state index in [0.29, 0.717) is 18.7 Å². The average Bonchev–Trinajstić information content (AvgIpc) is 2.81. The van der Waals surface area contributed by atoms with Gasteiger partial charge in [0.15, 0.2) is 6.61 Å². The Bertz CT molecular complexity index is 1080. The highest BCUT2D eigenvalue weighted by Gasteiger charge is 2.31. The zero-order valence-electron chi connectivity index (χ0n) is 20.5. The van der Waals surface area contributed by atoms with Gasteiger partial charge in [-0.3, -0.25) is 9.59 Å². The van der Waals surface area contributed by atoms with E-state index in [-0.39, 0.29) is 24.5 Å². The van der Waals surface area contributed by atoms with Gasteiger partial charge in [0.2, 0.25) is 5.91 Å². The summed E-state index contributed by atoms with van der Waals surface area (Å²) >= 11 is 0. The van der Waals surface area contributed by atoms with Crippen molar-refractivity contribution in [2.75, 3.05) is 6.61 Å². The molecule has 0 aliphatic heterocycles. The van der Waals surface area contributed by atoms with Crippen LogP contribution in [0.1, 0.15) is 36.1 Å². The Morgan fingerprint density at radius 1 is 0.853 bits per heavy atom. The van der Waals surface area contributed by atoms with Gasteiger partial charge in [-0.05, 0) is 51.0 Å². The summed E-state index contributed by atoms with van der Waals surface area (Å²) < 4.78 is 5.80. The SMILES string of the molecule is Cc1ccc(OCC(=O)N(Cc2cccc(C)c2)[C@@H](Cc2ccccc2)C(=O)NC(C)C)cc1. The van der Waals surface area contributed by atoms with Crippen LogP contribution in [0.4, 0.5) is 0 Å². The van der Waals surface area contributed by atoms with Crippen LogP contribution in [0.2, 0.25) is 0 Å². The topological polar surface area (TPSA) is 58.6 Å². The van der Waals surface area contributed by atoms with E-state index in [4.69, 9.17) is 4.74 Å². The molecule has 0 heterocycles. The van der Waals surface area contributed by atoms with E-state index in [1.165, 1.54) is 0 Å². The number of amides is 2. The number of hydrogen-bond acceptors (Lipinski definition) is 3. The van der Waals surface area contributed by atoms with Gasteiger partial charge < -0.3 is 15.0 Å². The van der Waals surface area contributed by atoms with Crippen molar-refractivity contribution in [3.8, 4) is 5.75 Å². The summed E-state index contributed by atoms with van der Waals surface area (Å²) in [6.07, 6.45) is 0.418. The molecule has 1 N–H and O–H groups in total. The molecule has 3 aromatic rings. The van der Waals surface area contributed by atoms with Crippen LogP contribution in [0.5, 0.6) is 5.75 Å². The number of carbonyl (C=O) groups excluding carboxylic acids is 2. The molecule has 5 heteroatoms. The fourth-order valence-corrected chi connectivity index (χ4v) is 3.80. The first-order valence-electron chi connectivity index (χ1n) is 11.7.